The number of tetrazole rings is 1. The molecule has 2 aliphatic rings. The molecule has 0 radical (unpaired) electrons. The first kappa shape index (κ1) is 16.7. The van der Waals surface area contributed by atoms with E-state index in [0.717, 1.165) is 32.0 Å². The first-order chi connectivity index (χ1) is 10.9. The topological polar surface area (TPSA) is 75.9 Å². The van der Waals surface area contributed by atoms with Crippen LogP contribution in [0.3, 0.4) is 0 Å². The van der Waals surface area contributed by atoms with Crippen LogP contribution in [0.1, 0.15) is 46.5 Å². The van der Waals surface area contributed by atoms with Crippen LogP contribution in [-0.4, -0.2) is 61.9 Å². The number of thioether (sulfide) groups is 1. The molecule has 1 N–H and O–H groups in total. The van der Waals surface area contributed by atoms with Crippen LogP contribution < -0.4 is 5.32 Å². The van der Waals surface area contributed by atoms with Crippen molar-refractivity contribution in [2.24, 2.45) is 0 Å². The molecule has 0 spiro atoms. The number of aromatic nitrogens is 4. The van der Waals surface area contributed by atoms with Gasteiger partial charge < -0.3 is 10.2 Å². The van der Waals surface area contributed by atoms with Gasteiger partial charge in [0.1, 0.15) is 0 Å². The monoisotopic (exact) mass is 338 g/mol. The summed E-state index contributed by atoms with van der Waals surface area (Å²) in [5, 5.41) is 15.6. The van der Waals surface area contributed by atoms with E-state index in [1.165, 1.54) is 24.6 Å². The maximum absolute atomic E-state index is 12.2. The molecule has 2 heterocycles. The molecule has 0 unspecified atom stereocenters. The zero-order valence-corrected chi connectivity index (χ0v) is 15.0. The van der Waals surface area contributed by atoms with Crippen LogP contribution in [0.5, 0.6) is 0 Å². The van der Waals surface area contributed by atoms with Gasteiger partial charge >= 0.3 is 0 Å². The average Bonchev–Trinajstić information content (AvgIpc) is 3.22. The van der Waals surface area contributed by atoms with Crippen molar-refractivity contribution < 1.29 is 4.79 Å². The van der Waals surface area contributed by atoms with Crippen LogP contribution in [0.15, 0.2) is 5.16 Å². The third kappa shape index (κ3) is 4.44. The normalized spacial score (nSPS) is 20.7. The SMILES string of the molecule is CC(C)(C)n1nnnc1SCC(=O)NC1CCN(C2CC2)CC1. The van der Waals surface area contributed by atoms with E-state index in [2.05, 4.69) is 25.7 Å². The lowest BCUT2D eigenvalue weighted by Crippen LogP contribution is -2.45. The molecule has 1 saturated heterocycles. The number of piperidine rings is 1. The van der Waals surface area contributed by atoms with Crippen LogP contribution >= 0.6 is 11.8 Å². The lowest BCUT2D eigenvalue weighted by molar-refractivity contribution is -0.119. The van der Waals surface area contributed by atoms with Crippen LogP contribution in [0.25, 0.3) is 0 Å². The van der Waals surface area contributed by atoms with Crippen molar-refractivity contribution in [1.82, 2.24) is 30.4 Å². The van der Waals surface area contributed by atoms with E-state index in [4.69, 9.17) is 0 Å². The largest absolute Gasteiger partial charge is 0.353 e. The van der Waals surface area contributed by atoms with Gasteiger partial charge in [-0.05, 0) is 56.9 Å². The minimum absolute atomic E-state index is 0.0725. The van der Waals surface area contributed by atoms with Crippen molar-refractivity contribution in [2.45, 2.75) is 69.2 Å². The van der Waals surface area contributed by atoms with Gasteiger partial charge in [-0.1, -0.05) is 11.8 Å². The Balaban J connectivity index is 1.42. The van der Waals surface area contributed by atoms with Gasteiger partial charge in [-0.25, -0.2) is 4.68 Å². The maximum atomic E-state index is 12.2. The third-order valence-corrected chi connectivity index (χ3v) is 5.29. The maximum Gasteiger partial charge on any atom is 0.230 e. The first-order valence-corrected chi connectivity index (χ1v) is 9.37. The van der Waals surface area contributed by atoms with Crippen LogP contribution in [0.4, 0.5) is 0 Å². The highest BCUT2D eigenvalue weighted by molar-refractivity contribution is 7.99. The van der Waals surface area contributed by atoms with Crippen molar-refractivity contribution >= 4 is 17.7 Å². The summed E-state index contributed by atoms with van der Waals surface area (Å²) in [5.41, 5.74) is -0.183. The molecule has 2 fully saturated rings. The Labute approximate surface area is 141 Å². The second-order valence-electron chi connectivity index (χ2n) is 7.44. The smallest absolute Gasteiger partial charge is 0.230 e. The first-order valence-electron chi connectivity index (χ1n) is 8.38. The van der Waals surface area contributed by atoms with E-state index in [0.29, 0.717) is 17.0 Å². The molecule has 1 saturated carbocycles. The minimum atomic E-state index is -0.183. The van der Waals surface area contributed by atoms with Gasteiger partial charge in [0, 0.05) is 25.2 Å². The zero-order chi connectivity index (χ0) is 16.4. The van der Waals surface area contributed by atoms with E-state index >= 15 is 0 Å². The van der Waals surface area contributed by atoms with Crippen molar-refractivity contribution in [3.63, 3.8) is 0 Å². The quantitative estimate of drug-likeness (QED) is 0.815. The molecular formula is C15H26N6OS. The van der Waals surface area contributed by atoms with E-state index < -0.39 is 0 Å². The van der Waals surface area contributed by atoms with Gasteiger partial charge in [-0.2, -0.15) is 0 Å². The Morgan fingerprint density at radius 1 is 1.26 bits per heavy atom. The molecule has 1 aliphatic carbocycles. The van der Waals surface area contributed by atoms with Gasteiger partial charge in [0.05, 0.1) is 11.3 Å². The van der Waals surface area contributed by atoms with Gasteiger partial charge in [-0.3, -0.25) is 4.79 Å². The summed E-state index contributed by atoms with van der Waals surface area (Å²) in [5.74, 6) is 0.433. The molecule has 7 nitrogen and oxygen atoms in total. The molecule has 8 heteroatoms. The van der Waals surface area contributed by atoms with Gasteiger partial charge in [0.2, 0.25) is 11.1 Å². The van der Waals surface area contributed by atoms with Crippen molar-refractivity contribution in [3.8, 4) is 0 Å². The fourth-order valence-corrected chi connectivity index (χ4v) is 3.81. The van der Waals surface area contributed by atoms with Gasteiger partial charge in [0.25, 0.3) is 0 Å². The molecule has 128 valence electrons. The molecule has 0 atom stereocenters. The number of amides is 1. The molecule has 0 aromatic carbocycles. The standard InChI is InChI=1S/C15H26N6OS/c1-15(2,3)21-14(17-18-19-21)23-10-13(22)16-11-6-8-20(9-7-11)12-4-5-12/h11-12H,4-10H2,1-3H3,(H,16,22). The number of rotatable bonds is 5. The molecule has 1 aromatic heterocycles. The number of hydrogen-bond donors (Lipinski definition) is 1. The summed E-state index contributed by atoms with van der Waals surface area (Å²) >= 11 is 1.40. The number of hydrogen-bond acceptors (Lipinski definition) is 6. The summed E-state index contributed by atoms with van der Waals surface area (Å²) in [6.07, 6.45) is 4.84. The van der Waals surface area contributed by atoms with Crippen LogP contribution in [-0.2, 0) is 10.3 Å². The van der Waals surface area contributed by atoms with Crippen molar-refractivity contribution in [2.75, 3.05) is 18.8 Å². The van der Waals surface area contributed by atoms with E-state index in [9.17, 15) is 4.79 Å². The van der Waals surface area contributed by atoms with Gasteiger partial charge in [0.15, 0.2) is 0 Å². The summed E-state index contributed by atoms with van der Waals surface area (Å²) in [6, 6.07) is 1.15. The molecule has 23 heavy (non-hydrogen) atoms. The predicted molar refractivity (Wildman–Crippen MR) is 89.3 cm³/mol. The molecule has 1 aromatic rings. The Kier molecular flexibility index (Phi) is 4.91. The Bertz CT molecular complexity index is 542. The van der Waals surface area contributed by atoms with E-state index in [-0.39, 0.29) is 11.4 Å². The Morgan fingerprint density at radius 2 is 1.96 bits per heavy atom. The van der Waals surface area contributed by atoms with Crippen LogP contribution in [0.2, 0.25) is 0 Å². The number of likely N-dealkylation sites (tertiary alicyclic amines) is 1. The van der Waals surface area contributed by atoms with Crippen molar-refractivity contribution in [3.05, 3.63) is 0 Å². The predicted octanol–water partition coefficient (Wildman–Crippen LogP) is 1.26. The number of carbonyl (C=O) groups excluding carboxylic acids is 1. The van der Waals surface area contributed by atoms with Gasteiger partial charge in [-0.15, -0.1) is 5.10 Å². The second-order valence-corrected chi connectivity index (χ2v) is 8.38. The highest BCUT2D eigenvalue weighted by Gasteiger charge is 2.32. The zero-order valence-electron chi connectivity index (χ0n) is 14.2. The fourth-order valence-electron chi connectivity index (χ4n) is 2.94. The lowest BCUT2D eigenvalue weighted by atomic mass is 10.1. The van der Waals surface area contributed by atoms with E-state index in [1.807, 2.05) is 20.8 Å². The number of carbonyl (C=O) groups is 1. The average molecular weight is 338 g/mol. The highest BCUT2D eigenvalue weighted by atomic mass is 32.2. The van der Waals surface area contributed by atoms with E-state index in [1.54, 1.807) is 4.68 Å². The third-order valence-electron chi connectivity index (χ3n) is 4.37. The highest BCUT2D eigenvalue weighted by Crippen LogP contribution is 2.29. The molecule has 0 bridgehead atoms. The molecule has 1 amide bonds. The molecule has 1 aliphatic heterocycles. The lowest BCUT2D eigenvalue weighted by Gasteiger charge is -2.32. The van der Waals surface area contributed by atoms with Crippen molar-refractivity contribution in [1.29, 1.82) is 0 Å². The summed E-state index contributed by atoms with van der Waals surface area (Å²) in [6.45, 7) is 8.36. The number of nitrogens with zero attached hydrogens (tertiary/aromatic N) is 5. The molecular weight excluding hydrogens is 312 g/mol. The summed E-state index contributed by atoms with van der Waals surface area (Å²) < 4.78 is 1.76. The second kappa shape index (κ2) is 6.76. The summed E-state index contributed by atoms with van der Waals surface area (Å²) in [4.78, 5) is 14.7. The fraction of sp³-hybridized carbons (Fsp3) is 0.867. The molecule has 3 rings (SSSR count). The van der Waals surface area contributed by atoms with Crippen LogP contribution in [0, 0.1) is 0 Å². The summed E-state index contributed by atoms with van der Waals surface area (Å²) in [7, 11) is 0. The minimum Gasteiger partial charge on any atom is -0.353 e. The Hall–Kier alpha value is -1.15. The Morgan fingerprint density at radius 3 is 2.57 bits per heavy atom. The number of nitrogens with one attached hydrogen (secondary N) is 1.